The van der Waals surface area contributed by atoms with E-state index in [9.17, 15) is 9.59 Å². The fourth-order valence-electron chi connectivity index (χ4n) is 5.05. The highest BCUT2D eigenvalue weighted by atomic mass is 32.2. The van der Waals surface area contributed by atoms with E-state index in [0.29, 0.717) is 11.5 Å². The van der Waals surface area contributed by atoms with Crippen molar-refractivity contribution >= 4 is 35.1 Å². The topological polar surface area (TPSA) is 76.5 Å². The zero-order valence-electron chi connectivity index (χ0n) is 24.4. The minimum atomic E-state index is -0.326. The maximum absolute atomic E-state index is 13.9. The predicted octanol–water partition coefficient (Wildman–Crippen LogP) is 6.60. The van der Waals surface area contributed by atoms with Crippen molar-refractivity contribution in [3.8, 4) is 11.4 Å². The fraction of sp³-hybridized carbons (Fsp3) is 0.303. The Hall–Kier alpha value is -4.04. The zero-order valence-corrected chi connectivity index (χ0v) is 25.2. The van der Waals surface area contributed by atoms with Crippen LogP contribution in [0.5, 0.6) is 5.75 Å². The quantitative estimate of drug-likeness (QED) is 0.284. The number of hydrogen-bond acceptors (Lipinski definition) is 5. The Morgan fingerprint density at radius 3 is 2.37 bits per heavy atom. The molecule has 212 valence electrons. The fourth-order valence-corrected chi connectivity index (χ4v) is 6.24. The van der Waals surface area contributed by atoms with E-state index in [0.717, 1.165) is 39.4 Å². The molecule has 1 aliphatic heterocycles. The number of methoxy groups -OCH3 is 1. The van der Waals surface area contributed by atoms with Crippen LogP contribution in [0.4, 0.5) is 11.5 Å². The molecule has 2 heterocycles. The summed E-state index contributed by atoms with van der Waals surface area (Å²) in [4.78, 5) is 28.9. The van der Waals surface area contributed by atoms with E-state index in [4.69, 9.17) is 9.84 Å². The van der Waals surface area contributed by atoms with Crippen LogP contribution in [0, 0.1) is 13.8 Å². The molecular formula is C33H36N4O3S. The van der Waals surface area contributed by atoms with Gasteiger partial charge in [-0.25, -0.2) is 4.68 Å². The summed E-state index contributed by atoms with van der Waals surface area (Å²) in [5.74, 6) is 1.17. The summed E-state index contributed by atoms with van der Waals surface area (Å²) in [6.07, 6.45) is 0. The molecule has 0 saturated heterocycles. The number of aryl methyl sites for hydroxylation is 2. The van der Waals surface area contributed by atoms with Gasteiger partial charge in [0.25, 0.3) is 0 Å². The van der Waals surface area contributed by atoms with Crippen molar-refractivity contribution in [1.29, 1.82) is 0 Å². The molecule has 1 unspecified atom stereocenters. The smallest absolute Gasteiger partial charge is 0.244 e. The number of carbonyl (C=O) groups excluding carboxylic acids is 2. The van der Waals surface area contributed by atoms with Gasteiger partial charge in [-0.3, -0.25) is 14.5 Å². The van der Waals surface area contributed by atoms with Crippen molar-refractivity contribution < 1.29 is 14.3 Å². The van der Waals surface area contributed by atoms with Gasteiger partial charge in [0.15, 0.2) is 0 Å². The molecule has 4 aromatic rings. The summed E-state index contributed by atoms with van der Waals surface area (Å²) >= 11 is 1.58. The Labute approximate surface area is 245 Å². The molecule has 7 nitrogen and oxygen atoms in total. The predicted molar refractivity (Wildman–Crippen MR) is 166 cm³/mol. The monoisotopic (exact) mass is 568 g/mol. The first kappa shape index (κ1) is 28.5. The number of fused-ring (bicyclic) bond motifs is 1. The van der Waals surface area contributed by atoms with Gasteiger partial charge in [0.1, 0.15) is 18.1 Å². The van der Waals surface area contributed by atoms with Crippen LogP contribution in [0.1, 0.15) is 54.0 Å². The van der Waals surface area contributed by atoms with E-state index in [1.165, 1.54) is 0 Å². The summed E-state index contributed by atoms with van der Waals surface area (Å²) in [6.45, 7) is 10.3. The van der Waals surface area contributed by atoms with Gasteiger partial charge in [0.2, 0.25) is 11.8 Å². The van der Waals surface area contributed by atoms with Crippen molar-refractivity contribution in [1.82, 2.24) is 9.78 Å². The van der Waals surface area contributed by atoms with Crippen LogP contribution in [0.3, 0.4) is 0 Å². The molecule has 0 aliphatic carbocycles. The molecule has 1 atom stereocenters. The molecule has 1 aliphatic rings. The van der Waals surface area contributed by atoms with Gasteiger partial charge in [-0.2, -0.15) is 5.10 Å². The number of anilines is 2. The summed E-state index contributed by atoms with van der Waals surface area (Å²) < 4.78 is 7.21. The van der Waals surface area contributed by atoms with E-state index < -0.39 is 0 Å². The molecule has 0 spiro atoms. The lowest BCUT2D eigenvalue weighted by molar-refractivity contribution is -0.120. The van der Waals surface area contributed by atoms with Crippen LogP contribution in [-0.2, 0) is 15.0 Å². The van der Waals surface area contributed by atoms with Gasteiger partial charge >= 0.3 is 0 Å². The van der Waals surface area contributed by atoms with Gasteiger partial charge in [0.05, 0.1) is 29.5 Å². The minimum Gasteiger partial charge on any atom is -0.497 e. The molecule has 8 heteroatoms. The second kappa shape index (κ2) is 11.4. The lowest BCUT2D eigenvalue weighted by Crippen LogP contribution is -2.40. The summed E-state index contributed by atoms with van der Waals surface area (Å²) in [6, 6.07) is 23.6. The maximum Gasteiger partial charge on any atom is 0.244 e. The molecular weight excluding hydrogens is 532 g/mol. The van der Waals surface area contributed by atoms with E-state index in [2.05, 4.69) is 57.3 Å². The normalized spacial score (nSPS) is 15.3. The third kappa shape index (κ3) is 6.03. The van der Waals surface area contributed by atoms with Gasteiger partial charge in [-0.1, -0.05) is 68.3 Å². The number of rotatable bonds is 6. The first-order valence-corrected chi connectivity index (χ1v) is 14.7. The van der Waals surface area contributed by atoms with Crippen molar-refractivity contribution in [2.45, 2.75) is 45.3 Å². The number of hydrogen-bond donors (Lipinski definition) is 1. The standard InChI is InChI=1S/C33H36N4O3S/c1-21-10-12-24(13-11-21)34-27(38)19-36-28(39)20-41-30(23-9-7-8-22(2)18-23)29-31(33(3,4)5)35-37(32(29)36)25-14-16-26(40-6)17-15-25/h7-18,30H,19-20H2,1-6H3,(H,34,38). The first-order valence-electron chi connectivity index (χ1n) is 13.7. The molecule has 0 bridgehead atoms. The molecule has 0 fully saturated rings. The second-order valence-electron chi connectivity index (χ2n) is 11.4. The largest absolute Gasteiger partial charge is 0.497 e. The number of aromatic nitrogens is 2. The zero-order chi connectivity index (χ0) is 29.3. The Morgan fingerprint density at radius 2 is 1.73 bits per heavy atom. The summed E-state index contributed by atoms with van der Waals surface area (Å²) in [5, 5.41) is 7.98. The molecule has 5 rings (SSSR count). The third-order valence-electron chi connectivity index (χ3n) is 7.10. The molecule has 2 amide bonds. The van der Waals surface area contributed by atoms with Crippen molar-refractivity contribution in [2.75, 3.05) is 29.6 Å². The molecule has 0 saturated carbocycles. The summed E-state index contributed by atoms with van der Waals surface area (Å²) in [7, 11) is 1.63. The number of nitrogens with one attached hydrogen (secondary N) is 1. The second-order valence-corrected chi connectivity index (χ2v) is 12.5. The minimum absolute atomic E-state index is 0.133. The number of carbonyl (C=O) groups is 2. The number of thioether (sulfide) groups is 1. The molecule has 1 aromatic heterocycles. The van der Waals surface area contributed by atoms with Gasteiger partial charge in [-0.15, -0.1) is 11.8 Å². The number of ether oxygens (including phenoxy) is 1. The van der Waals surface area contributed by atoms with E-state index in [1.54, 1.807) is 23.8 Å². The molecule has 0 radical (unpaired) electrons. The van der Waals surface area contributed by atoms with Crippen LogP contribution < -0.4 is 15.0 Å². The summed E-state index contributed by atoms with van der Waals surface area (Å²) in [5.41, 5.74) is 6.35. The number of nitrogens with zero attached hydrogens (tertiary/aromatic N) is 3. The average molecular weight is 569 g/mol. The SMILES string of the molecule is COc1ccc(-n2nc(C(C)(C)C)c3c2N(CC(=O)Nc2ccc(C)cc2)C(=O)CSC3c2cccc(C)c2)cc1. The average Bonchev–Trinajstić information content (AvgIpc) is 3.28. The Kier molecular flexibility index (Phi) is 7.95. The number of amides is 2. The van der Waals surface area contributed by atoms with Crippen LogP contribution in [0.25, 0.3) is 5.69 Å². The molecule has 41 heavy (non-hydrogen) atoms. The lowest BCUT2D eigenvalue weighted by atomic mass is 9.87. The van der Waals surface area contributed by atoms with Gasteiger partial charge in [-0.05, 0) is 55.8 Å². The highest BCUT2D eigenvalue weighted by Crippen LogP contribution is 2.48. The van der Waals surface area contributed by atoms with Crippen LogP contribution in [0.2, 0.25) is 0 Å². The Morgan fingerprint density at radius 1 is 1.02 bits per heavy atom. The van der Waals surface area contributed by atoms with Crippen molar-refractivity contribution in [2.24, 2.45) is 0 Å². The highest BCUT2D eigenvalue weighted by molar-refractivity contribution is 8.00. The highest BCUT2D eigenvalue weighted by Gasteiger charge is 2.40. The maximum atomic E-state index is 13.9. The first-order chi connectivity index (χ1) is 19.5. The van der Waals surface area contributed by atoms with Gasteiger partial charge in [0, 0.05) is 16.7 Å². The molecule has 3 aromatic carbocycles. The number of benzene rings is 3. The van der Waals surface area contributed by atoms with Crippen LogP contribution in [-0.4, -0.2) is 41.0 Å². The van der Waals surface area contributed by atoms with Crippen LogP contribution >= 0.6 is 11.8 Å². The Bertz CT molecular complexity index is 1570. The van der Waals surface area contributed by atoms with Crippen LogP contribution in [0.15, 0.2) is 72.8 Å². The van der Waals surface area contributed by atoms with Gasteiger partial charge < -0.3 is 10.1 Å². The van der Waals surface area contributed by atoms with E-state index >= 15 is 0 Å². The Balaban J connectivity index is 1.69. The molecule has 1 N–H and O–H groups in total. The van der Waals surface area contributed by atoms with E-state index in [1.807, 2.05) is 60.1 Å². The van der Waals surface area contributed by atoms with E-state index in [-0.39, 0.29) is 34.8 Å². The van der Waals surface area contributed by atoms with Crippen molar-refractivity contribution in [3.63, 3.8) is 0 Å². The third-order valence-corrected chi connectivity index (χ3v) is 8.35. The van der Waals surface area contributed by atoms with Crippen molar-refractivity contribution in [3.05, 3.63) is 101 Å². The lowest BCUT2D eigenvalue weighted by Gasteiger charge is -2.24.